The minimum absolute atomic E-state index is 0.0730. The number of carbonyl (C=O) groups is 1. The fourth-order valence-electron chi connectivity index (χ4n) is 3.32. The van der Waals surface area contributed by atoms with Gasteiger partial charge in [0.2, 0.25) is 0 Å². The zero-order chi connectivity index (χ0) is 17.2. The first-order valence-electron chi connectivity index (χ1n) is 8.40. The van der Waals surface area contributed by atoms with Crippen LogP contribution in [0, 0.1) is 0 Å². The lowest BCUT2D eigenvalue weighted by Crippen LogP contribution is -2.49. The summed E-state index contributed by atoms with van der Waals surface area (Å²) in [6, 6.07) is 12.9. The number of aromatic amines is 1. The maximum Gasteiger partial charge on any atom is 0.270 e. The summed E-state index contributed by atoms with van der Waals surface area (Å²) in [6.45, 7) is 1.41. The third kappa shape index (κ3) is 3.18. The van der Waals surface area contributed by atoms with Gasteiger partial charge >= 0.3 is 0 Å². The lowest BCUT2D eigenvalue weighted by molar-refractivity contribution is -0.0197. The number of morpholine rings is 1. The average molecular weight is 340 g/mol. The van der Waals surface area contributed by atoms with Crippen LogP contribution in [0.25, 0.3) is 10.9 Å². The Balaban J connectivity index is 1.54. The molecule has 2 unspecified atom stereocenters. The molecule has 0 bridgehead atoms. The van der Waals surface area contributed by atoms with Crippen LogP contribution in [0.4, 0.5) is 0 Å². The van der Waals surface area contributed by atoms with Gasteiger partial charge in [0.1, 0.15) is 17.6 Å². The molecule has 1 aliphatic rings. The Kier molecular flexibility index (Phi) is 4.29. The highest BCUT2D eigenvalue weighted by Gasteiger charge is 2.31. The Bertz CT molecular complexity index is 822. The van der Waals surface area contributed by atoms with E-state index in [-0.39, 0.29) is 11.9 Å². The van der Waals surface area contributed by atoms with Crippen LogP contribution in [0.1, 0.15) is 28.8 Å². The van der Waals surface area contributed by atoms with Crippen molar-refractivity contribution in [1.82, 2.24) is 9.88 Å². The minimum atomic E-state index is -0.764. The number of aliphatic hydroxyl groups excluding tert-OH is 1. The van der Waals surface area contributed by atoms with Gasteiger partial charge in [-0.25, -0.2) is 0 Å². The zero-order valence-electron chi connectivity index (χ0n) is 13.7. The molecule has 0 aliphatic carbocycles. The second-order valence-corrected chi connectivity index (χ2v) is 6.26. The van der Waals surface area contributed by atoms with Crippen molar-refractivity contribution in [3.63, 3.8) is 0 Å². The molecule has 6 nitrogen and oxygen atoms in total. The molecule has 1 amide bonds. The van der Waals surface area contributed by atoms with Gasteiger partial charge in [-0.1, -0.05) is 18.2 Å². The normalized spacial score (nSPS) is 19.2. The predicted molar refractivity (Wildman–Crippen MR) is 92.2 cm³/mol. The molecular weight excluding hydrogens is 320 g/mol. The molecule has 1 saturated heterocycles. The van der Waals surface area contributed by atoms with Gasteiger partial charge in [-0.15, -0.1) is 0 Å². The number of benzene rings is 1. The van der Waals surface area contributed by atoms with Gasteiger partial charge in [-0.05, 0) is 24.3 Å². The largest absolute Gasteiger partial charge is 0.467 e. The van der Waals surface area contributed by atoms with Crippen molar-refractivity contribution in [1.29, 1.82) is 0 Å². The Morgan fingerprint density at radius 3 is 3.00 bits per heavy atom. The summed E-state index contributed by atoms with van der Waals surface area (Å²) < 4.78 is 10.8. The summed E-state index contributed by atoms with van der Waals surface area (Å²) in [4.78, 5) is 17.9. The number of hydrogen-bond acceptors (Lipinski definition) is 4. The number of H-pyrrole nitrogens is 1. The van der Waals surface area contributed by atoms with E-state index in [0.717, 1.165) is 10.9 Å². The lowest BCUT2D eigenvalue weighted by Gasteiger charge is -2.36. The molecule has 3 aromatic rings. The summed E-state index contributed by atoms with van der Waals surface area (Å²) in [5.41, 5.74) is 1.49. The first-order chi connectivity index (χ1) is 12.2. The number of rotatable bonds is 4. The van der Waals surface area contributed by atoms with Crippen LogP contribution in [0.5, 0.6) is 0 Å². The molecule has 0 radical (unpaired) electrons. The molecule has 2 aromatic heterocycles. The van der Waals surface area contributed by atoms with E-state index in [1.165, 1.54) is 6.26 Å². The molecule has 0 spiro atoms. The van der Waals surface area contributed by atoms with E-state index in [0.29, 0.717) is 37.6 Å². The third-order valence-electron chi connectivity index (χ3n) is 4.62. The van der Waals surface area contributed by atoms with Crippen LogP contribution in [0.3, 0.4) is 0 Å². The fourth-order valence-corrected chi connectivity index (χ4v) is 3.32. The fraction of sp³-hybridized carbons (Fsp3) is 0.316. The molecule has 1 aliphatic heterocycles. The van der Waals surface area contributed by atoms with Crippen molar-refractivity contribution < 1.29 is 19.1 Å². The molecular formula is C19H20N2O4. The van der Waals surface area contributed by atoms with E-state index in [9.17, 15) is 9.90 Å². The van der Waals surface area contributed by atoms with E-state index in [4.69, 9.17) is 9.15 Å². The van der Waals surface area contributed by atoms with Gasteiger partial charge in [0.05, 0.1) is 25.5 Å². The summed E-state index contributed by atoms with van der Waals surface area (Å²) in [5.74, 6) is 0.430. The summed E-state index contributed by atoms with van der Waals surface area (Å²) in [5, 5.41) is 11.4. The van der Waals surface area contributed by atoms with Crippen molar-refractivity contribution in [2.24, 2.45) is 0 Å². The molecule has 25 heavy (non-hydrogen) atoms. The lowest BCUT2D eigenvalue weighted by atomic mass is 10.0. The monoisotopic (exact) mass is 340 g/mol. The predicted octanol–water partition coefficient (Wildman–Crippen LogP) is 2.73. The van der Waals surface area contributed by atoms with E-state index in [1.54, 1.807) is 17.0 Å². The van der Waals surface area contributed by atoms with Gasteiger partial charge < -0.3 is 24.1 Å². The van der Waals surface area contributed by atoms with E-state index in [2.05, 4.69) is 4.98 Å². The minimum Gasteiger partial charge on any atom is -0.467 e. The number of furan rings is 1. The van der Waals surface area contributed by atoms with Crippen molar-refractivity contribution in [3.8, 4) is 0 Å². The first-order valence-corrected chi connectivity index (χ1v) is 8.40. The quantitative estimate of drug-likeness (QED) is 0.765. The smallest absolute Gasteiger partial charge is 0.270 e. The van der Waals surface area contributed by atoms with Gasteiger partial charge in [0.15, 0.2) is 0 Å². The van der Waals surface area contributed by atoms with Crippen LogP contribution in [-0.2, 0) is 4.74 Å². The van der Waals surface area contributed by atoms with E-state index in [1.807, 2.05) is 30.3 Å². The number of amides is 1. The van der Waals surface area contributed by atoms with Crippen LogP contribution < -0.4 is 0 Å². The summed E-state index contributed by atoms with van der Waals surface area (Å²) >= 11 is 0. The van der Waals surface area contributed by atoms with Crippen molar-refractivity contribution >= 4 is 16.8 Å². The second kappa shape index (κ2) is 6.74. The Morgan fingerprint density at radius 1 is 1.32 bits per heavy atom. The molecule has 130 valence electrons. The Hall–Kier alpha value is -2.57. The number of aromatic nitrogens is 1. The van der Waals surface area contributed by atoms with Crippen LogP contribution in [0.15, 0.2) is 53.1 Å². The zero-order valence-corrected chi connectivity index (χ0v) is 13.7. The second-order valence-electron chi connectivity index (χ2n) is 6.26. The number of nitrogens with zero attached hydrogens (tertiary/aromatic N) is 1. The molecule has 6 heteroatoms. The molecule has 3 heterocycles. The first kappa shape index (κ1) is 15.9. The van der Waals surface area contributed by atoms with E-state index >= 15 is 0 Å². The number of carbonyl (C=O) groups excluding carboxylic acids is 1. The SMILES string of the molecule is O=C(c1cc2ccccc2[nH]1)N1CCOCC1CC(O)c1ccco1. The molecule has 0 saturated carbocycles. The van der Waals surface area contributed by atoms with Crippen LogP contribution in [-0.4, -0.2) is 46.7 Å². The van der Waals surface area contributed by atoms with Gasteiger partial charge in [-0.2, -0.15) is 0 Å². The number of hydrogen-bond donors (Lipinski definition) is 2. The highest BCUT2D eigenvalue weighted by atomic mass is 16.5. The molecule has 2 atom stereocenters. The average Bonchev–Trinajstić information content (AvgIpc) is 3.31. The number of aliphatic hydroxyl groups is 1. The van der Waals surface area contributed by atoms with Crippen molar-refractivity contribution in [3.05, 3.63) is 60.2 Å². The van der Waals surface area contributed by atoms with Crippen LogP contribution >= 0.6 is 0 Å². The van der Waals surface area contributed by atoms with Gasteiger partial charge in [-0.3, -0.25) is 4.79 Å². The highest BCUT2D eigenvalue weighted by molar-refractivity contribution is 5.98. The van der Waals surface area contributed by atoms with E-state index < -0.39 is 6.10 Å². The summed E-state index contributed by atoms with van der Waals surface area (Å²) in [6.07, 6.45) is 1.14. The standard InChI is InChI=1S/C19H20N2O4/c22-17(18-6-3-8-25-18)11-14-12-24-9-7-21(14)19(23)16-10-13-4-1-2-5-15(13)20-16/h1-6,8,10,14,17,20,22H,7,9,11-12H2. The third-order valence-corrected chi connectivity index (χ3v) is 4.62. The number of para-hydroxylation sites is 1. The highest BCUT2D eigenvalue weighted by Crippen LogP contribution is 2.25. The number of fused-ring (bicyclic) bond motifs is 1. The Morgan fingerprint density at radius 2 is 2.20 bits per heavy atom. The molecule has 1 aromatic carbocycles. The molecule has 2 N–H and O–H groups in total. The van der Waals surface area contributed by atoms with Crippen LogP contribution in [0.2, 0.25) is 0 Å². The molecule has 1 fully saturated rings. The summed E-state index contributed by atoms with van der Waals surface area (Å²) in [7, 11) is 0. The maximum atomic E-state index is 13.0. The van der Waals surface area contributed by atoms with Crippen molar-refractivity contribution in [2.75, 3.05) is 19.8 Å². The van der Waals surface area contributed by atoms with Gasteiger partial charge in [0, 0.05) is 23.9 Å². The topological polar surface area (TPSA) is 78.7 Å². The number of nitrogens with one attached hydrogen (secondary N) is 1. The maximum absolute atomic E-state index is 13.0. The van der Waals surface area contributed by atoms with Gasteiger partial charge in [0.25, 0.3) is 5.91 Å². The Labute approximate surface area is 145 Å². The molecule has 4 rings (SSSR count). The number of ether oxygens (including phenoxy) is 1. The van der Waals surface area contributed by atoms with Crippen molar-refractivity contribution in [2.45, 2.75) is 18.6 Å².